The number of aromatic nitrogens is 1. The number of likely N-dealkylation sites (tertiary alicyclic amines) is 1. The minimum absolute atomic E-state index is 0.160. The summed E-state index contributed by atoms with van der Waals surface area (Å²) in [4.78, 5) is 40.1. The van der Waals surface area contributed by atoms with E-state index >= 15 is 0 Å². The summed E-state index contributed by atoms with van der Waals surface area (Å²) in [5.74, 6) is -2.76. The molecule has 0 amide bonds. The van der Waals surface area contributed by atoms with Crippen molar-refractivity contribution in [2.75, 3.05) is 39.1 Å². The van der Waals surface area contributed by atoms with Crippen LogP contribution in [0.25, 0.3) is 11.1 Å². The monoisotopic (exact) mass is 431 g/mol. The molecule has 1 saturated heterocycles. The van der Waals surface area contributed by atoms with Crippen LogP contribution in [0.2, 0.25) is 0 Å². The van der Waals surface area contributed by atoms with E-state index in [0.717, 1.165) is 19.6 Å². The van der Waals surface area contributed by atoms with Gasteiger partial charge in [0.1, 0.15) is 23.6 Å². The summed E-state index contributed by atoms with van der Waals surface area (Å²) >= 11 is 0. The van der Waals surface area contributed by atoms with Crippen molar-refractivity contribution < 1.29 is 29.3 Å². The molecule has 1 aliphatic heterocycles. The van der Waals surface area contributed by atoms with Crippen LogP contribution in [0.15, 0.2) is 23.0 Å². The maximum absolute atomic E-state index is 12.2. The quantitative estimate of drug-likeness (QED) is 0.490. The summed E-state index contributed by atoms with van der Waals surface area (Å²) < 4.78 is 11.2. The van der Waals surface area contributed by atoms with E-state index in [1.54, 1.807) is 6.07 Å². The highest BCUT2D eigenvalue weighted by Gasteiger charge is 2.27. The molecule has 0 radical (unpaired) electrons. The number of pyridine rings is 1. The van der Waals surface area contributed by atoms with Gasteiger partial charge in [-0.05, 0) is 43.6 Å². The molecule has 0 saturated carbocycles. The second-order valence-electron chi connectivity index (χ2n) is 7.22. The van der Waals surface area contributed by atoms with Crippen molar-refractivity contribution in [3.63, 3.8) is 0 Å². The Morgan fingerprint density at radius 2 is 1.77 bits per heavy atom. The number of aromatic carboxylic acids is 2. The van der Waals surface area contributed by atoms with Crippen molar-refractivity contribution in [3.8, 4) is 22.6 Å². The van der Waals surface area contributed by atoms with Crippen LogP contribution in [0.1, 0.15) is 40.0 Å². The molecule has 2 heterocycles. The number of nitrogens with one attached hydrogen (secondary N) is 1. The smallest absolute Gasteiger partial charge is 0.342 e. The number of benzene rings is 1. The largest absolute Gasteiger partial charge is 0.493 e. The number of carbonyl (C=O) groups is 2. The topological polar surface area (TPSA) is 155 Å². The highest BCUT2D eigenvalue weighted by atomic mass is 16.5. The predicted molar refractivity (Wildman–Crippen MR) is 113 cm³/mol. The van der Waals surface area contributed by atoms with Gasteiger partial charge in [0.15, 0.2) is 11.5 Å². The van der Waals surface area contributed by atoms with Crippen LogP contribution >= 0.6 is 0 Å². The van der Waals surface area contributed by atoms with Gasteiger partial charge in [-0.3, -0.25) is 9.69 Å². The van der Waals surface area contributed by atoms with Gasteiger partial charge in [-0.15, -0.1) is 0 Å². The van der Waals surface area contributed by atoms with Gasteiger partial charge in [-0.1, -0.05) is 12.5 Å². The Hall–Kier alpha value is -3.53. The molecule has 31 heavy (non-hydrogen) atoms. The number of methoxy groups -OCH3 is 1. The minimum Gasteiger partial charge on any atom is -0.493 e. The Morgan fingerprint density at radius 3 is 2.39 bits per heavy atom. The van der Waals surface area contributed by atoms with Gasteiger partial charge in [-0.2, -0.15) is 0 Å². The van der Waals surface area contributed by atoms with Crippen LogP contribution < -0.4 is 20.8 Å². The molecule has 10 heteroatoms. The van der Waals surface area contributed by atoms with Crippen LogP contribution in [0, 0.1) is 0 Å². The molecule has 0 spiro atoms. The number of aromatic amines is 1. The number of H-pyrrole nitrogens is 1. The van der Waals surface area contributed by atoms with Crippen LogP contribution in [0.4, 0.5) is 5.82 Å². The minimum atomic E-state index is -1.57. The fraction of sp³-hybridized carbons (Fsp3) is 0.381. The van der Waals surface area contributed by atoms with E-state index in [9.17, 15) is 24.6 Å². The zero-order valence-corrected chi connectivity index (χ0v) is 17.1. The maximum atomic E-state index is 12.2. The van der Waals surface area contributed by atoms with Crippen molar-refractivity contribution in [2.24, 2.45) is 0 Å². The summed E-state index contributed by atoms with van der Waals surface area (Å²) in [6.45, 7) is 3.29. The number of nitrogen functional groups attached to an aromatic ring is 1. The number of hydrogen-bond donors (Lipinski definition) is 4. The number of ether oxygens (including phenoxy) is 2. The summed E-state index contributed by atoms with van der Waals surface area (Å²) in [6, 6.07) is 4.47. The third-order valence-electron chi connectivity index (χ3n) is 5.24. The van der Waals surface area contributed by atoms with Crippen molar-refractivity contribution >= 4 is 17.8 Å². The van der Waals surface area contributed by atoms with Gasteiger partial charge in [0, 0.05) is 12.1 Å². The fourth-order valence-electron chi connectivity index (χ4n) is 3.75. The Bertz CT molecular complexity index is 1040. The molecular formula is C21H25N3O7. The fourth-order valence-corrected chi connectivity index (χ4v) is 3.75. The molecule has 1 aliphatic rings. The maximum Gasteiger partial charge on any atom is 0.342 e. The number of nitrogens with zero attached hydrogens (tertiary/aromatic N) is 1. The zero-order chi connectivity index (χ0) is 22.5. The standard InChI is InChI=1S/C21H25N3O7/c1-30-14-11-12(5-6-13(14)31-10-9-24-7-3-2-4-8-24)15-16(20(26)27)18(22)23-19(25)17(15)21(28)29/h5-6,11H,2-4,7-10H2,1H3,(H,26,27)(H,28,29)(H3,22,23,25). The molecule has 5 N–H and O–H groups in total. The predicted octanol–water partition coefficient (Wildman–Crippen LogP) is 1.89. The highest BCUT2D eigenvalue weighted by molar-refractivity contribution is 6.07. The second kappa shape index (κ2) is 9.52. The average molecular weight is 431 g/mol. The molecule has 1 fully saturated rings. The first kappa shape index (κ1) is 22.2. The van der Waals surface area contributed by atoms with Crippen molar-refractivity contribution in [1.29, 1.82) is 0 Å². The van der Waals surface area contributed by atoms with E-state index in [-0.39, 0.29) is 16.9 Å². The Balaban J connectivity index is 1.96. The number of piperidine rings is 1. The normalized spacial score (nSPS) is 14.2. The van der Waals surface area contributed by atoms with Crippen molar-refractivity contribution in [3.05, 3.63) is 39.7 Å². The molecule has 1 aromatic carbocycles. The molecule has 0 atom stereocenters. The van der Waals surface area contributed by atoms with E-state index < -0.39 is 34.4 Å². The second-order valence-corrected chi connectivity index (χ2v) is 7.22. The first-order valence-corrected chi connectivity index (χ1v) is 9.89. The van der Waals surface area contributed by atoms with Gasteiger partial charge in [0.2, 0.25) is 0 Å². The van der Waals surface area contributed by atoms with Gasteiger partial charge in [0.25, 0.3) is 5.56 Å². The van der Waals surface area contributed by atoms with E-state index in [1.807, 2.05) is 0 Å². The van der Waals surface area contributed by atoms with Crippen molar-refractivity contribution in [2.45, 2.75) is 19.3 Å². The number of nitrogens with two attached hydrogens (primary N) is 1. The van der Waals surface area contributed by atoms with E-state index in [2.05, 4.69) is 9.88 Å². The first-order valence-electron chi connectivity index (χ1n) is 9.89. The number of carboxylic acids is 2. The number of rotatable bonds is 8. The number of anilines is 1. The first-order chi connectivity index (χ1) is 14.8. The molecule has 0 aliphatic carbocycles. The molecule has 0 bridgehead atoms. The van der Waals surface area contributed by atoms with Gasteiger partial charge >= 0.3 is 11.9 Å². The van der Waals surface area contributed by atoms with Crippen LogP contribution in [0.3, 0.4) is 0 Å². The van der Waals surface area contributed by atoms with Crippen LogP contribution in [0.5, 0.6) is 11.5 Å². The lowest BCUT2D eigenvalue weighted by Crippen LogP contribution is -2.33. The summed E-state index contributed by atoms with van der Waals surface area (Å²) in [6.07, 6.45) is 3.60. The molecule has 3 rings (SSSR count). The van der Waals surface area contributed by atoms with E-state index in [4.69, 9.17) is 15.2 Å². The summed E-state index contributed by atoms with van der Waals surface area (Å²) in [5.41, 5.74) is 3.33. The highest BCUT2D eigenvalue weighted by Crippen LogP contribution is 2.36. The van der Waals surface area contributed by atoms with Gasteiger partial charge in [0.05, 0.1) is 7.11 Å². The molecule has 1 aromatic heterocycles. The Kier molecular flexibility index (Phi) is 6.81. The van der Waals surface area contributed by atoms with E-state index in [1.165, 1.54) is 38.5 Å². The summed E-state index contributed by atoms with van der Waals surface area (Å²) in [5, 5.41) is 19.1. The molecule has 0 unspecified atom stereocenters. The Labute approximate surface area is 178 Å². The van der Waals surface area contributed by atoms with E-state index in [0.29, 0.717) is 12.4 Å². The molecule has 166 valence electrons. The Morgan fingerprint density at radius 1 is 1.10 bits per heavy atom. The number of carboxylic acid groups (broad SMARTS) is 2. The molecule has 2 aromatic rings. The number of hydrogen-bond acceptors (Lipinski definition) is 7. The van der Waals surface area contributed by atoms with Crippen molar-refractivity contribution in [1.82, 2.24) is 9.88 Å². The molecule has 10 nitrogen and oxygen atoms in total. The average Bonchev–Trinajstić information content (AvgIpc) is 2.73. The lowest BCUT2D eigenvalue weighted by atomic mass is 9.95. The zero-order valence-electron chi connectivity index (χ0n) is 17.1. The van der Waals surface area contributed by atoms with Gasteiger partial charge in [-0.25, -0.2) is 9.59 Å². The third-order valence-corrected chi connectivity index (χ3v) is 5.24. The van der Waals surface area contributed by atoms with Crippen LogP contribution in [-0.2, 0) is 0 Å². The summed E-state index contributed by atoms with van der Waals surface area (Å²) in [7, 11) is 1.42. The SMILES string of the molecule is COc1cc(-c2c(C(=O)O)c(N)[nH]c(=O)c2C(=O)O)ccc1OCCN1CCCCC1. The van der Waals surface area contributed by atoms with Gasteiger partial charge < -0.3 is 30.4 Å². The molecular weight excluding hydrogens is 406 g/mol. The third kappa shape index (κ3) is 4.80. The van der Waals surface area contributed by atoms with Crippen LogP contribution in [-0.4, -0.2) is 65.4 Å². The lowest BCUT2D eigenvalue weighted by Gasteiger charge is -2.26. The lowest BCUT2D eigenvalue weighted by molar-refractivity contribution is 0.0695.